The molecule has 2 aromatic carbocycles. The van der Waals surface area contributed by atoms with Crippen LogP contribution in [-0.4, -0.2) is 63.8 Å². The van der Waals surface area contributed by atoms with Crippen LogP contribution in [0.3, 0.4) is 0 Å². The molecule has 10 heteroatoms. The molecular weight excluding hydrogens is 388 g/mol. The molecule has 0 radical (unpaired) electrons. The van der Waals surface area contributed by atoms with Crippen molar-refractivity contribution in [2.45, 2.75) is 0 Å². The van der Waals surface area contributed by atoms with Crippen molar-refractivity contribution in [3.63, 3.8) is 0 Å². The van der Waals surface area contributed by atoms with Gasteiger partial charge in [-0.3, -0.25) is 14.9 Å². The number of nitro groups is 1. The van der Waals surface area contributed by atoms with E-state index in [1.165, 1.54) is 29.5 Å². The van der Waals surface area contributed by atoms with E-state index in [9.17, 15) is 14.9 Å². The number of methoxy groups -OCH3 is 1. The van der Waals surface area contributed by atoms with Gasteiger partial charge in [0.25, 0.3) is 11.6 Å². The third-order valence-electron chi connectivity index (χ3n) is 5.07. The zero-order valence-corrected chi connectivity index (χ0v) is 16.3. The summed E-state index contributed by atoms with van der Waals surface area (Å²) in [6.07, 6.45) is 2.67. The predicted octanol–water partition coefficient (Wildman–Crippen LogP) is 2.15. The molecule has 1 fully saturated rings. The van der Waals surface area contributed by atoms with E-state index in [2.05, 4.69) is 15.0 Å². The Morgan fingerprint density at radius 1 is 1.13 bits per heavy atom. The molecule has 154 valence electrons. The van der Waals surface area contributed by atoms with Crippen molar-refractivity contribution in [1.82, 2.24) is 19.7 Å². The van der Waals surface area contributed by atoms with Gasteiger partial charge in [-0.1, -0.05) is 6.07 Å². The summed E-state index contributed by atoms with van der Waals surface area (Å²) in [7, 11) is 1.63. The van der Waals surface area contributed by atoms with Gasteiger partial charge < -0.3 is 14.5 Å². The number of rotatable bonds is 5. The molecule has 0 atom stereocenters. The van der Waals surface area contributed by atoms with Gasteiger partial charge in [0.15, 0.2) is 0 Å². The third-order valence-corrected chi connectivity index (χ3v) is 5.07. The Morgan fingerprint density at radius 3 is 2.60 bits per heavy atom. The molecule has 3 aromatic rings. The number of ether oxygens (including phenoxy) is 1. The molecule has 2 heterocycles. The van der Waals surface area contributed by atoms with Crippen molar-refractivity contribution < 1.29 is 14.5 Å². The molecule has 1 saturated heterocycles. The first-order chi connectivity index (χ1) is 14.6. The van der Waals surface area contributed by atoms with E-state index < -0.39 is 4.92 Å². The highest BCUT2D eigenvalue weighted by Gasteiger charge is 2.25. The summed E-state index contributed by atoms with van der Waals surface area (Å²) in [4.78, 5) is 31.7. The smallest absolute Gasteiger partial charge is 0.295 e. The standard InChI is InChI=1S/C20H20N6O4/c1-30-17-4-2-3-16(12-17)23-7-9-24(10-8-23)20(27)15-5-6-18(19(11-15)26(28)29)25-14-21-13-22-25/h2-6,11-14H,7-10H2,1H3. The molecular formula is C20H20N6O4. The molecule has 30 heavy (non-hydrogen) atoms. The summed E-state index contributed by atoms with van der Waals surface area (Å²) in [5.41, 5.74) is 1.38. The highest BCUT2D eigenvalue weighted by atomic mass is 16.6. The van der Waals surface area contributed by atoms with Crippen LogP contribution in [0.5, 0.6) is 5.75 Å². The van der Waals surface area contributed by atoms with Crippen LogP contribution in [0.4, 0.5) is 11.4 Å². The maximum atomic E-state index is 12.9. The van der Waals surface area contributed by atoms with Crippen molar-refractivity contribution in [2.75, 3.05) is 38.2 Å². The van der Waals surface area contributed by atoms with Crippen LogP contribution in [0.15, 0.2) is 55.1 Å². The molecule has 0 aliphatic carbocycles. The monoisotopic (exact) mass is 408 g/mol. The van der Waals surface area contributed by atoms with E-state index in [0.29, 0.717) is 26.2 Å². The van der Waals surface area contributed by atoms with Crippen LogP contribution in [0.1, 0.15) is 10.4 Å². The van der Waals surface area contributed by atoms with Gasteiger partial charge in [-0.05, 0) is 24.3 Å². The van der Waals surface area contributed by atoms with Crippen LogP contribution in [0.2, 0.25) is 0 Å². The molecule has 0 saturated carbocycles. The van der Waals surface area contributed by atoms with Gasteiger partial charge >= 0.3 is 0 Å². The summed E-state index contributed by atoms with van der Waals surface area (Å²) in [6.45, 7) is 2.37. The number of nitrogens with zero attached hydrogens (tertiary/aromatic N) is 6. The zero-order valence-electron chi connectivity index (χ0n) is 16.3. The quantitative estimate of drug-likeness (QED) is 0.470. The van der Waals surface area contributed by atoms with E-state index in [-0.39, 0.29) is 22.8 Å². The van der Waals surface area contributed by atoms with Crippen molar-refractivity contribution in [3.05, 3.63) is 70.8 Å². The van der Waals surface area contributed by atoms with Crippen molar-refractivity contribution >= 4 is 17.3 Å². The fourth-order valence-corrected chi connectivity index (χ4v) is 3.49. The van der Waals surface area contributed by atoms with Crippen molar-refractivity contribution in [3.8, 4) is 11.4 Å². The third kappa shape index (κ3) is 3.79. The lowest BCUT2D eigenvalue weighted by atomic mass is 10.1. The summed E-state index contributed by atoms with van der Waals surface area (Å²) in [6, 6.07) is 12.2. The molecule has 10 nitrogen and oxygen atoms in total. The number of carbonyl (C=O) groups excluding carboxylic acids is 1. The van der Waals surface area contributed by atoms with Gasteiger partial charge in [0, 0.05) is 49.6 Å². The topological polar surface area (TPSA) is 107 Å². The second-order valence-corrected chi connectivity index (χ2v) is 6.78. The number of anilines is 1. The maximum Gasteiger partial charge on any atom is 0.295 e. The maximum absolute atomic E-state index is 12.9. The van der Waals surface area contributed by atoms with Crippen LogP contribution in [0.25, 0.3) is 5.69 Å². The fourth-order valence-electron chi connectivity index (χ4n) is 3.49. The van der Waals surface area contributed by atoms with E-state index in [1.54, 1.807) is 18.1 Å². The summed E-state index contributed by atoms with van der Waals surface area (Å²) in [5.74, 6) is 0.555. The van der Waals surface area contributed by atoms with Gasteiger partial charge in [0.2, 0.25) is 0 Å². The van der Waals surface area contributed by atoms with Crippen molar-refractivity contribution in [2.24, 2.45) is 0 Å². The Labute approximate surface area is 172 Å². The van der Waals surface area contributed by atoms with Gasteiger partial charge in [0.1, 0.15) is 24.1 Å². The number of hydrogen-bond acceptors (Lipinski definition) is 7. The SMILES string of the molecule is COc1cccc(N2CCN(C(=O)c3ccc(-n4cncn4)c([N+](=O)[O-])c3)CC2)c1. The highest BCUT2D eigenvalue weighted by molar-refractivity contribution is 5.95. The predicted molar refractivity (Wildman–Crippen MR) is 109 cm³/mol. The Bertz CT molecular complexity index is 1060. The van der Waals surface area contributed by atoms with Crippen molar-refractivity contribution in [1.29, 1.82) is 0 Å². The Kier molecular flexibility index (Phi) is 5.29. The Balaban J connectivity index is 1.49. The number of amides is 1. The average Bonchev–Trinajstić information content (AvgIpc) is 3.33. The minimum Gasteiger partial charge on any atom is -0.497 e. The molecule has 1 aliphatic rings. The number of benzene rings is 2. The first kappa shape index (κ1) is 19.4. The fraction of sp³-hybridized carbons (Fsp3) is 0.250. The van der Waals surface area contributed by atoms with Crippen LogP contribution < -0.4 is 9.64 Å². The normalized spacial score (nSPS) is 13.9. The van der Waals surface area contributed by atoms with Gasteiger partial charge in [-0.25, -0.2) is 9.67 Å². The number of piperazine rings is 1. The largest absolute Gasteiger partial charge is 0.497 e. The number of hydrogen-bond donors (Lipinski definition) is 0. The van der Waals surface area contributed by atoms with E-state index in [4.69, 9.17) is 4.74 Å². The van der Waals surface area contributed by atoms with Gasteiger partial charge in [0.05, 0.1) is 12.0 Å². The first-order valence-electron chi connectivity index (χ1n) is 9.38. The second-order valence-electron chi connectivity index (χ2n) is 6.78. The summed E-state index contributed by atoms with van der Waals surface area (Å²) < 4.78 is 6.58. The number of nitro benzene ring substituents is 1. The summed E-state index contributed by atoms with van der Waals surface area (Å²) >= 11 is 0. The average molecular weight is 408 g/mol. The molecule has 4 rings (SSSR count). The van der Waals surface area contributed by atoms with E-state index in [0.717, 1.165) is 11.4 Å². The lowest BCUT2D eigenvalue weighted by Gasteiger charge is -2.36. The van der Waals surface area contributed by atoms with Crippen LogP contribution in [0, 0.1) is 10.1 Å². The van der Waals surface area contributed by atoms with E-state index in [1.807, 2.05) is 24.3 Å². The van der Waals surface area contributed by atoms with Gasteiger partial charge in [-0.2, -0.15) is 5.10 Å². The number of carbonyl (C=O) groups is 1. The lowest BCUT2D eigenvalue weighted by Crippen LogP contribution is -2.48. The molecule has 0 N–H and O–H groups in total. The summed E-state index contributed by atoms with van der Waals surface area (Å²) in [5, 5.41) is 15.5. The first-order valence-corrected chi connectivity index (χ1v) is 9.38. The molecule has 1 aromatic heterocycles. The zero-order chi connectivity index (χ0) is 21.1. The van der Waals surface area contributed by atoms with Gasteiger partial charge in [-0.15, -0.1) is 0 Å². The van der Waals surface area contributed by atoms with E-state index >= 15 is 0 Å². The minimum absolute atomic E-state index is 0.193. The molecule has 1 amide bonds. The molecule has 0 unspecified atom stereocenters. The minimum atomic E-state index is -0.519. The molecule has 0 spiro atoms. The van der Waals surface area contributed by atoms with Crippen LogP contribution in [-0.2, 0) is 0 Å². The second kappa shape index (κ2) is 8.19. The molecule has 1 aliphatic heterocycles. The Morgan fingerprint density at radius 2 is 1.93 bits per heavy atom. The Hall–Kier alpha value is -3.95. The number of aromatic nitrogens is 3. The molecule has 0 bridgehead atoms. The lowest BCUT2D eigenvalue weighted by molar-refractivity contribution is -0.384. The highest BCUT2D eigenvalue weighted by Crippen LogP contribution is 2.26. The van der Waals surface area contributed by atoms with Crippen LogP contribution >= 0.6 is 0 Å².